The molecule has 80 valence electrons. The molecule has 0 aliphatic rings. The van der Waals surface area contributed by atoms with Gasteiger partial charge in [0, 0.05) is 10.5 Å². The first-order chi connectivity index (χ1) is 6.99. The number of hydrogen-bond donors (Lipinski definition) is 1. The normalized spacial score (nSPS) is 9.60. The van der Waals surface area contributed by atoms with Crippen LogP contribution in [0.2, 0.25) is 0 Å². The van der Waals surface area contributed by atoms with Crippen molar-refractivity contribution in [1.29, 1.82) is 0 Å². The molecule has 0 aliphatic carbocycles. The van der Waals surface area contributed by atoms with Gasteiger partial charge in [0.15, 0.2) is 0 Å². The Kier molecular flexibility index (Phi) is 4.03. The van der Waals surface area contributed by atoms with Crippen molar-refractivity contribution in [2.24, 2.45) is 0 Å². The Balaban J connectivity index is 2.82. The topological polar surface area (TPSA) is 29.1 Å². The number of nitrogens with one attached hydrogen (secondary N) is 1. The van der Waals surface area contributed by atoms with Gasteiger partial charge in [0.25, 0.3) is 0 Å². The van der Waals surface area contributed by atoms with Gasteiger partial charge in [-0.2, -0.15) is 0 Å². The summed E-state index contributed by atoms with van der Waals surface area (Å²) in [5.41, 5.74) is 1.05. The highest BCUT2D eigenvalue weighted by atomic mass is 79.9. The molecule has 1 N–H and O–H groups in total. The Morgan fingerprint density at radius 3 is 2.67 bits per heavy atom. The molecule has 0 saturated carbocycles. The Bertz CT molecular complexity index is 411. The van der Waals surface area contributed by atoms with Crippen LogP contribution in [0.1, 0.15) is 13.8 Å². The largest absolute Gasteiger partial charge is 0.320 e. The van der Waals surface area contributed by atoms with Crippen molar-refractivity contribution >= 4 is 27.5 Å². The molecule has 1 aromatic rings. The molecular formula is C11H11BrFNO. The summed E-state index contributed by atoms with van der Waals surface area (Å²) in [6, 6.07) is 4.48. The monoisotopic (exact) mass is 271 g/mol. The Morgan fingerprint density at radius 1 is 1.47 bits per heavy atom. The van der Waals surface area contributed by atoms with Crippen LogP contribution in [0.5, 0.6) is 0 Å². The second-order valence-corrected chi connectivity index (χ2v) is 4.25. The van der Waals surface area contributed by atoms with Crippen molar-refractivity contribution in [1.82, 2.24) is 0 Å². The molecular weight excluding hydrogens is 261 g/mol. The standard InChI is InChI=1S/C11H11BrFNO/c1-7(2)5-11(15)14-10-4-3-8(12)6-9(10)13/h3-6H,1-2H3,(H,14,15). The lowest BCUT2D eigenvalue weighted by Crippen LogP contribution is -2.09. The Morgan fingerprint density at radius 2 is 2.13 bits per heavy atom. The van der Waals surface area contributed by atoms with Crippen molar-refractivity contribution in [3.05, 3.63) is 40.1 Å². The highest BCUT2D eigenvalue weighted by Crippen LogP contribution is 2.19. The van der Waals surface area contributed by atoms with E-state index in [4.69, 9.17) is 0 Å². The number of allylic oxidation sites excluding steroid dienone is 1. The zero-order chi connectivity index (χ0) is 11.4. The summed E-state index contributed by atoms with van der Waals surface area (Å²) in [4.78, 5) is 11.3. The molecule has 0 atom stereocenters. The molecule has 0 aromatic heterocycles. The van der Waals surface area contributed by atoms with Gasteiger partial charge in [-0.3, -0.25) is 4.79 Å². The van der Waals surface area contributed by atoms with Gasteiger partial charge >= 0.3 is 0 Å². The van der Waals surface area contributed by atoms with Crippen molar-refractivity contribution < 1.29 is 9.18 Å². The smallest absolute Gasteiger partial charge is 0.248 e. The van der Waals surface area contributed by atoms with Crippen LogP contribution >= 0.6 is 15.9 Å². The van der Waals surface area contributed by atoms with E-state index in [9.17, 15) is 9.18 Å². The van der Waals surface area contributed by atoms with E-state index in [1.165, 1.54) is 18.2 Å². The van der Waals surface area contributed by atoms with Gasteiger partial charge in [-0.1, -0.05) is 21.5 Å². The molecule has 0 saturated heterocycles. The predicted molar refractivity (Wildman–Crippen MR) is 62.2 cm³/mol. The maximum atomic E-state index is 13.3. The van der Waals surface area contributed by atoms with Crippen LogP contribution in [0.4, 0.5) is 10.1 Å². The number of anilines is 1. The Hall–Kier alpha value is -1.16. The summed E-state index contributed by atoms with van der Waals surface area (Å²) < 4.78 is 13.9. The van der Waals surface area contributed by atoms with E-state index in [1.54, 1.807) is 19.9 Å². The number of amides is 1. The fraction of sp³-hybridized carbons (Fsp3) is 0.182. The maximum Gasteiger partial charge on any atom is 0.248 e. The summed E-state index contributed by atoms with van der Waals surface area (Å²) >= 11 is 3.14. The van der Waals surface area contributed by atoms with E-state index in [-0.39, 0.29) is 11.6 Å². The summed E-state index contributed by atoms with van der Waals surface area (Å²) in [7, 11) is 0. The molecule has 4 heteroatoms. The lowest BCUT2D eigenvalue weighted by Gasteiger charge is -2.04. The van der Waals surface area contributed by atoms with Gasteiger partial charge in [-0.15, -0.1) is 0 Å². The lowest BCUT2D eigenvalue weighted by atomic mass is 10.3. The molecule has 15 heavy (non-hydrogen) atoms. The number of carbonyl (C=O) groups excluding carboxylic acids is 1. The minimum atomic E-state index is -0.458. The number of halogens is 2. The molecule has 0 spiro atoms. The third-order valence-corrected chi connectivity index (χ3v) is 2.10. The molecule has 0 heterocycles. The van der Waals surface area contributed by atoms with E-state index in [0.29, 0.717) is 4.47 Å². The van der Waals surface area contributed by atoms with E-state index in [0.717, 1.165) is 5.57 Å². The van der Waals surface area contributed by atoms with Crippen molar-refractivity contribution in [3.63, 3.8) is 0 Å². The van der Waals surface area contributed by atoms with Crippen molar-refractivity contribution in [2.75, 3.05) is 5.32 Å². The van der Waals surface area contributed by atoms with Crippen LogP contribution < -0.4 is 5.32 Å². The average molecular weight is 272 g/mol. The molecule has 2 nitrogen and oxygen atoms in total. The van der Waals surface area contributed by atoms with Gasteiger partial charge < -0.3 is 5.32 Å². The molecule has 0 unspecified atom stereocenters. The summed E-state index contributed by atoms with van der Waals surface area (Å²) in [6.45, 7) is 3.61. The van der Waals surface area contributed by atoms with E-state index in [2.05, 4.69) is 21.2 Å². The predicted octanol–water partition coefficient (Wildman–Crippen LogP) is 3.49. The Labute approximate surface area is 96.3 Å². The molecule has 1 aromatic carbocycles. The average Bonchev–Trinajstić information content (AvgIpc) is 2.08. The van der Waals surface area contributed by atoms with Gasteiger partial charge in [0.1, 0.15) is 5.82 Å². The minimum Gasteiger partial charge on any atom is -0.320 e. The SMILES string of the molecule is CC(C)=CC(=O)Nc1ccc(Br)cc1F. The first-order valence-corrected chi connectivity index (χ1v) is 5.19. The number of rotatable bonds is 2. The number of benzene rings is 1. The third kappa shape index (κ3) is 3.83. The highest BCUT2D eigenvalue weighted by molar-refractivity contribution is 9.10. The summed E-state index contributed by atoms with van der Waals surface area (Å²) in [6.07, 6.45) is 1.42. The van der Waals surface area contributed by atoms with Crippen LogP contribution in [-0.2, 0) is 4.79 Å². The second-order valence-electron chi connectivity index (χ2n) is 3.34. The molecule has 0 aliphatic heterocycles. The van der Waals surface area contributed by atoms with E-state index in [1.807, 2.05) is 0 Å². The van der Waals surface area contributed by atoms with Crippen LogP contribution in [-0.4, -0.2) is 5.91 Å². The van der Waals surface area contributed by atoms with Gasteiger partial charge in [-0.25, -0.2) is 4.39 Å². The first-order valence-electron chi connectivity index (χ1n) is 4.40. The minimum absolute atomic E-state index is 0.181. The first kappa shape index (κ1) is 11.9. The second kappa shape index (κ2) is 5.07. The quantitative estimate of drug-likeness (QED) is 0.820. The fourth-order valence-corrected chi connectivity index (χ4v) is 1.36. The van der Waals surface area contributed by atoms with Gasteiger partial charge in [0.2, 0.25) is 5.91 Å². The van der Waals surface area contributed by atoms with Crippen LogP contribution in [0.15, 0.2) is 34.3 Å². The molecule has 0 radical (unpaired) electrons. The number of hydrogen-bond acceptors (Lipinski definition) is 1. The number of carbonyl (C=O) groups is 1. The summed E-state index contributed by atoms with van der Waals surface area (Å²) in [5.74, 6) is -0.781. The fourth-order valence-electron chi connectivity index (χ4n) is 1.02. The van der Waals surface area contributed by atoms with Gasteiger partial charge in [0.05, 0.1) is 5.69 Å². The van der Waals surface area contributed by atoms with E-state index >= 15 is 0 Å². The van der Waals surface area contributed by atoms with Crippen molar-refractivity contribution in [2.45, 2.75) is 13.8 Å². The van der Waals surface area contributed by atoms with Crippen LogP contribution in [0.25, 0.3) is 0 Å². The maximum absolute atomic E-state index is 13.3. The third-order valence-electron chi connectivity index (χ3n) is 1.61. The van der Waals surface area contributed by atoms with E-state index < -0.39 is 5.82 Å². The van der Waals surface area contributed by atoms with Crippen molar-refractivity contribution in [3.8, 4) is 0 Å². The zero-order valence-corrected chi connectivity index (χ0v) is 10.1. The zero-order valence-electron chi connectivity index (χ0n) is 8.47. The molecule has 1 rings (SSSR count). The van der Waals surface area contributed by atoms with Crippen LogP contribution in [0, 0.1) is 5.82 Å². The highest BCUT2D eigenvalue weighted by Gasteiger charge is 2.04. The summed E-state index contributed by atoms with van der Waals surface area (Å²) in [5, 5.41) is 2.46. The lowest BCUT2D eigenvalue weighted by molar-refractivity contribution is -0.112. The molecule has 0 fully saturated rings. The molecule has 1 amide bonds. The van der Waals surface area contributed by atoms with Gasteiger partial charge in [-0.05, 0) is 32.0 Å². The molecule has 0 bridgehead atoms. The van der Waals surface area contributed by atoms with Crippen LogP contribution in [0.3, 0.4) is 0 Å².